The predicted molar refractivity (Wildman–Crippen MR) is 113 cm³/mol. The van der Waals surface area contributed by atoms with Crippen molar-refractivity contribution in [2.24, 2.45) is 0 Å². The first-order valence-corrected chi connectivity index (χ1v) is 10.4. The number of piperazine rings is 1. The highest BCUT2D eigenvalue weighted by atomic mass is 35.5. The standard InChI is InChI=1S/C21H25Cl2N3O3/c1-13-4-7-19(29-13)21(28)26-10-8-25(9-11-26)15(3)20(27)24-14(2)17-6-5-16(22)12-18(17)23/h4-7,12,14-15H,8-11H2,1-3H3,(H,24,27). The van der Waals surface area contributed by atoms with E-state index in [9.17, 15) is 9.59 Å². The Kier molecular flexibility index (Phi) is 6.88. The number of rotatable bonds is 5. The van der Waals surface area contributed by atoms with Crippen molar-refractivity contribution in [1.82, 2.24) is 15.1 Å². The number of hydrogen-bond donors (Lipinski definition) is 1. The largest absolute Gasteiger partial charge is 0.456 e. The van der Waals surface area contributed by atoms with E-state index in [0.29, 0.717) is 47.7 Å². The van der Waals surface area contributed by atoms with Crippen LogP contribution >= 0.6 is 23.2 Å². The summed E-state index contributed by atoms with van der Waals surface area (Å²) in [4.78, 5) is 29.1. The van der Waals surface area contributed by atoms with Crippen molar-refractivity contribution >= 4 is 35.0 Å². The fourth-order valence-electron chi connectivity index (χ4n) is 3.45. The molecule has 0 bridgehead atoms. The molecule has 29 heavy (non-hydrogen) atoms. The molecule has 2 heterocycles. The molecule has 1 N–H and O–H groups in total. The molecule has 2 atom stereocenters. The van der Waals surface area contributed by atoms with E-state index in [-0.39, 0.29) is 23.9 Å². The van der Waals surface area contributed by atoms with E-state index in [1.807, 2.05) is 26.8 Å². The second kappa shape index (κ2) is 9.20. The first kappa shape index (κ1) is 21.7. The van der Waals surface area contributed by atoms with Crippen LogP contribution in [0, 0.1) is 6.92 Å². The van der Waals surface area contributed by atoms with Crippen molar-refractivity contribution in [3.05, 3.63) is 57.5 Å². The molecule has 2 aromatic rings. The summed E-state index contributed by atoms with van der Waals surface area (Å²) in [6.45, 7) is 7.92. The van der Waals surface area contributed by atoms with Gasteiger partial charge in [0.2, 0.25) is 5.91 Å². The second-order valence-electron chi connectivity index (χ2n) is 7.31. The lowest BCUT2D eigenvalue weighted by Gasteiger charge is -2.37. The first-order chi connectivity index (χ1) is 13.8. The van der Waals surface area contributed by atoms with E-state index in [1.54, 1.807) is 29.2 Å². The average Bonchev–Trinajstić information content (AvgIpc) is 3.13. The van der Waals surface area contributed by atoms with Crippen LogP contribution in [0.4, 0.5) is 0 Å². The number of hydrogen-bond acceptors (Lipinski definition) is 4. The van der Waals surface area contributed by atoms with E-state index in [1.165, 1.54) is 0 Å². The molecule has 1 aliphatic heterocycles. The Hall–Kier alpha value is -2.02. The molecule has 0 saturated carbocycles. The van der Waals surface area contributed by atoms with Crippen molar-refractivity contribution in [1.29, 1.82) is 0 Å². The van der Waals surface area contributed by atoms with Gasteiger partial charge >= 0.3 is 0 Å². The highest BCUT2D eigenvalue weighted by Gasteiger charge is 2.29. The zero-order valence-electron chi connectivity index (χ0n) is 16.7. The SMILES string of the molecule is Cc1ccc(C(=O)N2CCN(C(C)C(=O)NC(C)c3ccc(Cl)cc3Cl)CC2)o1. The second-order valence-corrected chi connectivity index (χ2v) is 8.15. The summed E-state index contributed by atoms with van der Waals surface area (Å²) in [5.41, 5.74) is 0.820. The van der Waals surface area contributed by atoms with Crippen LogP contribution in [0.25, 0.3) is 0 Å². The van der Waals surface area contributed by atoms with Gasteiger partial charge in [-0.05, 0) is 50.6 Å². The molecule has 1 aromatic heterocycles. The molecule has 0 radical (unpaired) electrons. The fourth-order valence-corrected chi connectivity index (χ4v) is 4.02. The van der Waals surface area contributed by atoms with Crippen LogP contribution in [0.5, 0.6) is 0 Å². The highest BCUT2D eigenvalue weighted by Crippen LogP contribution is 2.26. The molecule has 1 aromatic carbocycles. The van der Waals surface area contributed by atoms with Crippen LogP contribution in [-0.4, -0.2) is 53.8 Å². The van der Waals surface area contributed by atoms with Gasteiger partial charge in [-0.15, -0.1) is 0 Å². The fraction of sp³-hybridized carbons (Fsp3) is 0.429. The number of nitrogens with one attached hydrogen (secondary N) is 1. The van der Waals surface area contributed by atoms with Crippen LogP contribution in [0.2, 0.25) is 10.0 Å². The summed E-state index contributed by atoms with van der Waals surface area (Å²) in [6, 6.07) is 8.17. The molecular weight excluding hydrogens is 413 g/mol. The third-order valence-corrected chi connectivity index (χ3v) is 5.83. The topological polar surface area (TPSA) is 65.8 Å². The summed E-state index contributed by atoms with van der Waals surface area (Å²) in [6.07, 6.45) is 0. The lowest BCUT2D eigenvalue weighted by atomic mass is 10.1. The molecule has 1 saturated heterocycles. The quantitative estimate of drug-likeness (QED) is 0.769. The number of benzene rings is 1. The first-order valence-electron chi connectivity index (χ1n) is 9.61. The van der Waals surface area contributed by atoms with Crippen LogP contribution in [0.1, 0.15) is 41.8 Å². The van der Waals surface area contributed by atoms with Crippen LogP contribution < -0.4 is 5.32 Å². The Balaban J connectivity index is 1.53. The van der Waals surface area contributed by atoms with Crippen molar-refractivity contribution in [2.45, 2.75) is 32.9 Å². The molecule has 1 aliphatic rings. The van der Waals surface area contributed by atoms with Gasteiger partial charge in [0.1, 0.15) is 5.76 Å². The molecular formula is C21H25Cl2N3O3. The van der Waals surface area contributed by atoms with Gasteiger partial charge in [-0.3, -0.25) is 14.5 Å². The summed E-state index contributed by atoms with van der Waals surface area (Å²) < 4.78 is 5.43. The van der Waals surface area contributed by atoms with Gasteiger partial charge in [0.25, 0.3) is 5.91 Å². The molecule has 156 valence electrons. The number of halogens is 2. The van der Waals surface area contributed by atoms with E-state index in [0.717, 1.165) is 5.56 Å². The number of nitrogens with zero attached hydrogens (tertiary/aromatic N) is 2. The average molecular weight is 438 g/mol. The van der Waals surface area contributed by atoms with Gasteiger partial charge in [-0.2, -0.15) is 0 Å². The Morgan fingerprint density at radius 1 is 1.07 bits per heavy atom. The minimum atomic E-state index is -0.313. The van der Waals surface area contributed by atoms with Gasteiger partial charge in [0, 0.05) is 36.2 Å². The van der Waals surface area contributed by atoms with Crippen LogP contribution in [0.3, 0.4) is 0 Å². The predicted octanol–water partition coefficient (Wildman–Crippen LogP) is 3.92. The summed E-state index contributed by atoms with van der Waals surface area (Å²) in [5, 5.41) is 4.10. The Labute approximate surface area is 180 Å². The third kappa shape index (κ3) is 5.13. The van der Waals surface area contributed by atoms with Crippen LogP contribution in [0.15, 0.2) is 34.7 Å². The number of carbonyl (C=O) groups is 2. The van der Waals surface area contributed by atoms with Crippen molar-refractivity contribution in [2.75, 3.05) is 26.2 Å². The molecule has 3 rings (SSSR count). The van der Waals surface area contributed by atoms with E-state index in [4.69, 9.17) is 27.6 Å². The number of carbonyl (C=O) groups excluding carboxylic acids is 2. The maximum absolute atomic E-state index is 12.7. The maximum atomic E-state index is 12.7. The van der Waals surface area contributed by atoms with E-state index < -0.39 is 0 Å². The zero-order valence-corrected chi connectivity index (χ0v) is 18.3. The lowest BCUT2D eigenvalue weighted by Crippen LogP contribution is -2.55. The number of aryl methyl sites for hydroxylation is 1. The molecule has 6 nitrogen and oxygen atoms in total. The molecule has 2 amide bonds. The van der Waals surface area contributed by atoms with Gasteiger partial charge in [0.15, 0.2) is 5.76 Å². The number of furan rings is 1. The molecule has 2 unspecified atom stereocenters. The maximum Gasteiger partial charge on any atom is 0.289 e. The van der Waals surface area contributed by atoms with E-state index in [2.05, 4.69) is 10.2 Å². The van der Waals surface area contributed by atoms with Gasteiger partial charge in [-0.1, -0.05) is 29.3 Å². The molecule has 8 heteroatoms. The third-order valence-electron chi connectivity index (χ3n) is 5.27. The molecule has 0 spiro atoms. The Bertz CT molecular complexity index is 891. The van der Waals surface area contributed by atoms with Crippen molar-refractivity contribution in [3.8, 4) is 0 Å². The summed E-state index contributed by atoms with van der Waals surface area (Å²) in [5.74, 6) is 0.883. The smallest absolute Gasteiger partial charge is 0.289 e. The Morgan fingerprint density at radius 3 is 2.34 bits per heavy atom. The van der Waals surface area contributed by atoms with Crippen molar-refractivity contribution in [3.63, 3.8) is 0 Å². The normalized spacial score (nSPS) is 17.1. The lowest BCUT2D eigenvalue weighted by molar-refractivity contribution is -0.127. The Morgan fingerprint density at radius 2 is 1.76 bits per heavy atom. The molecule has 0 aliphatic carbocycles. The van der Waals surface area contributed by atoms with Gasteiger partial charge in [0.05, 0.1) is 12.1 Å². The van der Waals surface area contributed by atoms with Gasteiger partial charge in [-0.25, -0.2) is 0 Å². The van der Waals surface area contributed by atoms with Crippen LogP contribution in [-0.2, 0) is 4.79 Å². The summed E-state index contributed by atoms with van der Waals surface area (Å²) >= 11 is 12.2. The van der Waals surface area contributed by atoms with E-state index >= 15 is 0 Å². The van der Waals surface area contributed by atoms with Crippen molar-refractivity contribution < 1.29 is 14.0 Å². The zero-order chi connectivity index (χ0) is 21.1. The highest BCUT2D eigenvalue weighted by molar-refractivity contribution is 6.35. The summed E-state index contributed by atoms with van der Waals surface area (Å²) in [7, 11) is 0. The molecule has 1 fully saturated rings. The minimum absolute atomic E-state index is 0.0787. The van der Waals surface area contributed by atoms with Gasteiger partial charge < -0.3 is 14.6 Å². The number of amides is 2. The monoisotopic (exact) mass is 437 g/mol. The minimum Gasteiger partial charge on any atom is -0.456 e.